The summed E-state index contributed by atoms with van der Waals surface area (Å²) in [5.74, 6) is 1.10. The summed E-state index contributed by atoms with van der Waals surface area (Å²) in [6.07, 6.45) is 2.92. The van der Waals surface area contributed by atoms with Crippen LogP contribution in [0.15, 0.2) is 59.7 Å². The number of rotatable bonds is 10. The number of hydrogen-bond donors (Lipinski definition) is 2. The van der Waals surface area contributed by atoms with Crippen LogP contribution in [0.4, 0.5) is 5.69 Å². The molecule has 2 aromatic rings. The number of para-hydroxylation sites is 1. The number of sulfone groups is 1. The number of Topliss-reactive ketones (excluding diaryl/α,β-unsaturated/α-hetero) is 1. The lowest BCUT2D eigenvalue weighted by Crippen LogP contribution is -2.41. The van der Waals surface area contributed by atoms with E-state index in [1.165, 1.54) is 0 Å². The molecule has 7 nitrogen and oxygen atoms in total. The summed E-state index contributed by atoms with van der Waals surface area (Å²) in [7, 11) is -3.09. The molecule has 8 heteroatoms. The van der Waals surface area contributed by atoms with Crippen LogP contribution in [-0.4, -0.2) is 30.5 Å². The second-order valence-corrected chi connectivity index (χ2v) is 11.8. The fraction of sp³-hybridized carbons (Fsp3) is 0.417. The summed E-state index contributed by atoms with van der Waals surface area (Å²) in [4.78, 5) is 12.3. The SMILES string of the molecule is CC(C)(C)S(=O)(=O)CCCCCC(=O)Cc1ccc(C2=NNNN2c2ccccc2)cc1. The highest BCUT2D eigenvalue weighted by molar-refractivity contribution is 7.92. The van der Waals surface area contributed by atoms with Crippen molar-refractivity contribution in [3.05, 3.63) is 65.7 Å². The monoisotopic (exact) mass is 456 g/mol. The topological polar surface area (TPSA) is 90.9 Å². The first-order valence-corrected chi connectivity index (χ1v) is 12.6. The zero-order valence-corrected chi connectivity index (χ0v) is 19.8. The predicted molar refractivity (Wildman–Crippen MR) is 129 cm³/mol. The van der Waals surface area contributed by atoms with E-state index in [0.29, 0.717) is 19.3 Å². The molecule has 3 rings (SSSR count). The predicted octanol–water partition coefficient (Wildman–Crippen LogP) is 3.76. The maximum atomic E-state index is 12.3. The number of unbranched alkanes of at least 4 members (excludes halogenated alkanes) is 2. The molecule has 0 atom stereocenters. The van der Waals surface area contributed by atoms with Gasteiger partial charge in [0.1, 0.15) is 5.78 Å². The quantitative estimate of drug-likeness (QED) is 0.529. The standard InChI is InChI=1S/C24H32N4O3S/c1-24(2,3)32(30,31)17-9-5-8-12-22(29)18-19-13-15-20(16-14-19)23-25-26-27-28(23)21-10-6-4-7-11-21/h4,6-7,10-11,13-16,26-27H,5,8-9,12,17-18H2,1-3H3. The van der Waals surface area contributed by atoms with Crippen LogP contribution in [0, 0.1) is 0 Å². The van der Waals surface area contributed by atoms with Gasteiger partial charge in [0.25, 0.3) is 0 Å². The Kier molecular flexibility index (Phi) is 7.69. The number of carbonyl (C=O) groups is 1. The number of carbonyl (C=O) groups excluding carboxylic acids is 1. The number of amidine groups is 1. The molecule has 0 amide bonds. The number of nitrogens with zero attached hydrogens (tertiary/aromatic N) is 2. The minimum absolute atomic E-state index is 0.170. The van der Waals surface area contributed by atoms with Crippen LogP contribution in [0.3, 0.4) is 0 Å². The van der Waals surface area contributed by atoms with E-state index < -0.39 is 14.6 Å². The molecule has 0 aliphatic carbocycles. The van der Waals surface area contributed by atoms with E-state index in [-0.39, 0.29) is 11.5 Å². The van der Waals surface area contributed by atoms with Crippen molar-refractivity contribution < 1.29 is 13.2 Å². The Balaban J connectivity index is 1.46. The Morgan fingerprint density at radius 2 is 1.66 bits per heavy atom. The van der Waals surface area contributed by atoms with Crippen molar-refractivity contribution in [1.29, 1.82) is 0 Å². The third-order valence-corrected chi connectivity index (χ3v) is 8.16. The smallest absolute Gasteiger partial charge is 0.177 e. The number of hydrazone groups is 1. The summed E-state index contributed by atoms with van der Waals surface area (Å²) in [5, 5.41) is 6.18. The van der Waals surface area contributed by atoms with Gasteiger partial charge in [-0.25, -0.2) is 19.0 Å². The van der Waals surface area contributed by atoms with Gasteiger partial charge in [-0.1, -0.05) is 48.9 Å². The maximum Gasteiger partial charge on any atom is 0.177 e. The molecule has 1 heterocycles. The molecule has 0 aromatic heterocycles. The second-order valence-electron chi connectivity index (χ2n) is 8.98. The van der Waals surface area contributed by atoms with Crippen molar-refractivity contribution in [2.24, 2.45) is 5.10 Å². The van der Waals surface area contributed by atoms with E-state index in [1.54, 1.807) is 20.8 Å². The van der Waals surface area contributed by atoms with Gasteiger partial charge in [0.15, 0.2) is 15.7 Å². The maximum absolute atomic E-state index is 12.3. The molecule has 0 saturated heterocycles. The van der Waals surface area contributed by atoms with Crippen LogP contribution in [-0.2, 0) is 21.1 Å². The first kappa shape index (κ1) is 23.9. The number of ketones is 1. The molecule has 0 fully saturated rings. The third kappa shape index (κ3) is 6.17. The van der Waals surface area contributed by atoms with Gasteiger partial charge in [0.2, 0.25) is 0 Å². The highest BCUT2D eigenvalue weighted by Gasteiger charge is 2.28. The molecule has 1 aliphatic heterocycles. The number of nitrogens with one attached hydrogen (secondary N) is 2. The lowest BCUT2D eigenvalue weighted by molar-refractivity contribution is -0.118. The fourth-order valence-electron chi connectivity index (χ4n) is 3.37. The third-order valence-electron chi connectivity index (χ3n) is 5.46. The largest absolute Gasteiger partial charge is 0.299 e. The minimum Gasteiger partial charge on any atom is -0.299 e. The van der Waals surface area contributed by atoms with E-state index in [4.69, 9.17) is 0 Å². The lowest BCUT2D eigenvalue weighted by Gasteiger charge is -2.19. The lowest BCUT2D eigenvalue weighted by atomic mass is 10.0. The molecule has 32 heavy (non-hydrogen) atoms. The second kappa shape index (κ2) is 10.3. The molecule has 0 spiro atoms. The fourth-order valence-corrected chi connectivity index (χ4v) is 4.57. The van der Waals surface area contributed by atoms with Crippen LogP contribution in [0.1, 0.15) is 57.6 Å². The van der Waals surface area contributed by atoms with Gasteiger partial charge in [-0.2, -0.15) is 0 Å². The molecule has 172 valence electrons. The normalized spacial score (nSPS) is 14.2. The van der Waals surface area contributed by atoms with Crippen molar-refractivity contribution in [2.45, 2.75) is 57.6 Å². The van der Waals surface area contributed by atoms with Gasteiger partial charge in [-0.15, -0.1) is 10.6 Å². The summed E-state index contributed by atoms with van der Waals surface area (Å²) < 4.78 is 23.5. The molecule has 2 N–H and O–H groups in total. The average Bonchev–Trinajstić information content (AvgIpc) is 3.24. The molecule has 1 aliphatic rings. The Labute approximate surface area is 190 Å². The zero-order valence-electron chi connectivity index (χ0n) is 19.0. The Bertz CT molecular complexity index is 1040. The minimum atomic E-state index is -3.09. The van der Waals surface area contributed by atoms with Crippen LogP contribution in [0.25, 0.3) is 0 Å². The van der Waals surface area contributed by atoms with Gasteiger partial charge in [0.05, 0.1) is 16.2 Å². The van der Waals surface area contributed by atoms with E-state index in [2.05, 4.69) is 16.2 Å². The van der Waals surface area contributed by atoms with Crippen LogP contribution >= 0.6 is 0 Å². The van der Waals surface area contributed by atoms with Gasteiger partial charge >= 0.3 is 0 Å². The molecule has 0 saturated carbocycles. The van der Waals surface area contributed by atoms with Crippen LogP contribution < -0.4 is 16.1 Å². The van der Waals surface area contributed by atoms with Gasteiger partial charge in [0, 0.05) is 18.4 Å². The van der Waals surface area contributed by atoms with Crippen molar-refractivity contribution in [2.75, 3.05) is 10.8 Å². The molecular weight excluding hydrogens is 424 g/mol. The Hall–Kier alpha value is -2.71. The van der Waals surface area contributed by atoms with Gasteiger partial charge in [-0.3, -0.25) is 4.79 Å². The molecule has 2 aromatic carbocycles. The van der Waals surface area contributed by atoms with Gasteiger partial charge < -0.3 is 0 Å². The first-order valence-electron chi connectivity index (χ1n) is 10.9. The summed E-state index contributed by atoms with van der Waals surface area (Å²) in [6, 6.07) is 17.7. The summed E-state index contributed by atoms with van der Waals surface area (Å²) in [5.41, 5.74) is 8.65. The van der Waals surface area contributed by atoms with E-state index in [1.807, 2.05) is 59.6 Å². The summed E-state index contributed by atoms with van der Waals surface area (Å²) in [6.45, 7) is 5.17. The summed E-state index contributed by atoms with van der Waals surface area (Å²) >= 11 is 0. The van der Waals surface area contributed by atoms with Gasteiger partial charge in [-0.05, 0) is 51.3 Å². The first-order chi connectivity index (χ1) is 15.2. The molecule has 0 unspecified atom stereocenters. The number of anilines is 1. The van der Waals surface area contributed by atoms with Crippen LogP contribution in [0.2, 0.25) is 0 Å². The average molecular weight is 457 g/mol. The van der Waals surface area contributed by atoms with Crippen molar-refractivity contribution in [1.82, 2.24) is 11.1 Å². The van der Waals surface area contributed by atoms with E-state index in [0.717, 1.165) is 35.5 Å². The van der Waals surface area contributed by atoms with Crippen LogP contribution in [0.5, 0.6) is 0 Å². The number of benzene rings is 2. The Morgan fingerprint density at radius 3 is 2.31 bits per heavy atom. The van der Waals surface area contributed by atoms with Crippen molar-refractivity contribution in [3.8, 4) is 0 Å². The Morgan fingerprint density at radius 1 is 0.969 bits per heavy atom. The van der Waals surface area contributed by atoms with E-state index >= 15 is 0 Å². The number of hydrazine groups is 2. The van der Waals surface area contributed by atoms with E-state index in [9.17, 15) is 13.2 Å². The highest BCUT2D eigenvalue weighted by Crippen LogP contribution is 2.19. The molecule has 0 radical (unpaired) electrons. The van der Waals surface area contributed by atoms with Crippen molar-refractivity contribution in [3.63, 3.8) is 0 Å². The zero-order chi connectivity index (χ0) is 23.2. The molecule has 0 bridgehead atoms. The molecular formula is C24H32N4O3S. The highest BCUT2D eigenvalue weighted by atomic mass is 32.2. The number of hydrogen-bond acceptors (Lipinski definition) is 7. The van der Waals surface area contributed by atoms with Crippen molar-refractivity contribution >= 4 is 27.1 Å².